The van der Waals surface area contributed by atoms with Gasteiger partial charge >= 0.3 is 0 Å². The summed E-state index contributed by atoms with van der Waals surface area (Å²) in [7, 11) is 0. The number of carbonyl (C=O) groups is 2. The highest BCUT2D eigenvalue weighted by Gasteiger charge is 2.34. The lowest BCUT2D eigenvalue weighted by atomic mass is 10.0. The minimum atomic E-state index is -0.475. The van der Waals surface area contributed by atoms with E-state index in [0.717, 1.165) is 16.5 Å². The Labute approximate surface area is 116 Å². The topological polar surface area (TPSA) is 73.4 Å². The minimum absolute atomic E-state index is 0.186. The third kappa shape index (κ3) is 2.10. The third-order valence-corrected chi connectivity index (χ3v) is 3.80. The average molecular weight is 272 g/mol. The molecule has 0 bridgehead atoms. The Kier molecular flexibility index (Phi) is 3.28. The summed E-state index contributed by atoms with van der Waals surface area (Å²) in [6.07, 6.45) is 2.85. The second kappa shape index (κ2) is 5.09. The minimum Gasteiger partial charge on any atom is -0.394 e. The normalized spacial score (nSPS) is 17.1. The van der Waals surface area contributed by atoms with Gasteiger partial charge in [-0.15, -0.1) is 0 Å². The van der Waals surface area contributed by atoms with Crippen LogP contribution in [0.3, 0.4) is 0 Å². The number of H-pyrrole nitrogens is 1. The molecular weight excluding hydrogens is 256 g/mol. The summed E-state index contributed by atoms with van der Waals surface area (Å²) in [4.78, 5) is 27.9. The number of nitrogens with zero attached hydrogens (tertiary/aromatic N) is 1. The zero-order valence-corrected chi connectivity index (χ0v) is 11.0. The van der Waals surface area contributed by atoms with Crippen molar-refractivity contribution < 1.29 is 14.7 Å². The van der Waals surface area contributed by atoms with Crippen molar-refractivity contribution in [1.29, 1.82) is 0 Å². The Morgan fingerprint density at radius 2 is 1.90 bits per heavy atom. The molecule has 20 heavy (non-hydrogen) atoms. The smallest absolute Gasteiger partial charge is 0.230 e. The zero-order chi connectivity index (χ0) is 14.1. The van der Waals surface area contributed by atoms with E-state index in [9.17, 15) is 14.7 Å². The Morgan fingerprint density at radius 1 is 1.20 bits per heavy atom. The first-order chi connectivity index (χ1) is 9.70. The number of hydrogen-bond donors (Lipinski definition) is 2. The molecule has 0 radical (unpaired) electrons. The van der Waals surface area contributed by atoms with Crippen LogP contribution in [0.25, 0.3) is 10.9 Å². The molecule has 104 valence electrons. The first-order valence-corrected chi connectivity index (χ1v) is 6.71. The monoisotopic (exact) mass is 272 g/mol. The highest BCUT2D eigenvalue weighted by atomic mass is 16.3. The van der Waals surface area contributed by atoms with Gasteiger partial charge in [0.1, 0.15) is 0 Å². The number of aliphatic hydroxyl groups excluding tert-OH is 1. The van der Waals surface area contributed by atoms with E-state index in [4.69, 9.17) is 0 Å². The van der Waals surface area contributed by atoms with Crippen LogP contribution in [0.5, 0.6) is 0 Å². The fourth-order valence-corrected chi connectivity index (χ4v) is 2.79. The molecule has 0 aliphatic carbocycles. The molecule has 2 heterocycles. The lowest BCUT2D eigenvalue weighted by Crippen LogP contribution is -2.43. The molecular formula is C15H16N2O3. The van der Waals surface area contributed by atoms with Gasteiger partial charge in [-0.2, -0.15) is 0 Å². The molecule has 1 aromatic heterocycles. The number of aliphatic hydroxyl groups is 1. The molecule has 1 atom stereocenters. The number of rotatable bonds is 4. The Hall–Kier alpha value is -2.14. The van der Waals surface area contributed by atoms with E-state index >= 15 is 0 Å². The molecule has 2 N–H and O–H groups in total. The average Bonchev–Trinajstić information content (AvgIpc) is 3.01. The molecule has 1 aliphatic heterocycles. The molecule has 1 fully saturated rings. The van der Waals surface area contributed by atoms with Crippen LogP contribution in [-0.4, -0.2) is 39.5 Å². The maximum absolute atomic E-state index is 11.8. The van der Waals surface area contributed by atoms with Crippen LogP contribution in [0.1, 0.15) is 18.4 Å². The Bertz CT molecular complexity index is 646. The number of aromatic amines is 1. The maximum atomic E-state index is 11.8. The van der Waals surface area contributed by atoms with Crippen LogP contribution in [0.2, 0.25) is 0 Å². The Morgan fingerprint density at radius 3 is 2.60 bits per heavy atom. The van der Waals surface area contributed by atoms with Crippen LogP contribution in [0.4, 0.5) is 0 Å². The van der Waals surface area contributed by atoms with Gasteiger partial charge in [-0.05, 0) is 18.1 Å². The molecule has 0 saturated carbocycles. The van der Waals surface area contributed by atoms with Crippen molar-refractivity contribution in [2.24, 2.45) is 0 Å². The predicted octanol–water partition coefficient (Wildman–Crippen LogP) is 1.22. The number of fused-ring (bicyclic) bond motifs is 1. The summed E-state index contributed by atoms with van der Waals surface area (Å²) in [6, 6.07) is 7.37. The lowest BCUT2D eigenvalue weighted by Gasteiger charge is -2.24. The van der Waals surface area contributed by atoms with Gasteiger partial charge in [-0.1, -0.05) is 18.2 Å². The summed E-state index contributed by atoms with van der Waals surface area (Å²) >= 11 is 0. The maximum Gasteiger partial charge on any atom is 0.230 e. The standard InChI is InChI=1S/C15H16N2O3/c18-9-11(17-14(19)5-6-15(17)20)7-10-8-16-13-4-2-1-3-12(10)13/h1-4,8,11,16,18H,5-7,9H2/t11-/m0/s1. The van der Waals surface area contributed by atoms with Crippen molar-refractivity contribution in [3.05, 3.63) is 36.0 Å². The van der Waals surface area contributed by atoms with Crippen LogP contribution < -0.4 is 0 Å². The zero-order valence-electron chi connectivity index (χ0n) is 11.0. The molecule has 5 nitrogen and oxygen atoms in total. The molecule has 1 aliphatic rings. The van der Waals surface area contributed by atoms with E-state index in [1.165, 1.54) is 4.90 Å². The van der Waals surface area contributed by atoms with Crippen LogP contribution in [0, 0.1) is 0 Å². The molecule has 0 unspecified atom stereocenters. The summed E-state index contributed by atoms with van der Waals surface area (Å²) in [5.74, 6) is -0.372. The SMILES string of the molecule is O=C1CCC(=O)N1[C@H](CO)Cc1c[nH]c2ccccc12. The van der Waals surface area contributed by atoms with Crippen LogP contribution >= 0.6 is 0 Å². The van der Waals surface area contributed by atoms with Gasteiger partial charge in [0.05, 0.1) is 12.6 Å². The second-order valence-electron chi connectivity index (χ2n) is 5.06. The molecule has 1 saturated heterocycles. The number of amides is 2. The number of likely N-dealkylation sites (tertiary alicyclic amines) is 1. The van der Waals surface area contributed by atoms with Crippen LogP contribution in [0.15, 0.2) is 30.5 Å². The van der Waals surface area contributed by atoms with E-state index in [1.807, 2.05) is 30.5 Å². The highest BCUT2D eigenvalue weighted by molar-refractivity contribution is 6.02. The van der Waals surface area contributed by atoms with E-state index in [-0.39, 0.29) is 31.3 Å². The van der Waals surface area contributed by atoms with E-state index in [0.29, 0.717) is 6.42 Å². The van der Waals surface area contributed by atoms with Crippen LogP contribution in [-0.2, 0) is 16.0 Å². The summed E-state index contributed by atoms with van der Waals surface area (Å²) in [5, 5.41) is 10.6. The second-order valence-corrected chi connectivity index (χ2v) is 5.06. The molecule has 1 aromatic carbocycles. The first kappa shape index (κ1) is 12.9. The quantitative estimate of drug-likeness (QED) is 0.822. The third-order valence-electron chi connectivity index (χ3n) is 3.80. The van der Waals surface area contributed by atoms with Crippen molar-refractivity contribution in [1.82, 2.24) is 9.88 Å². The van der Waals surface area contributed by atoms with E-state index in [1.54, 1.807) is 0 Å². The molecule has 2 amide bonds. The van der Waals surface area contributed by atoms with Crippen molar-refractivity contribution in [2.75, 3.05) is 6.61 Å². The number of para-hydroxylation sites is 1. The Balaban J connectivity index is 1.88. The summed E-state index contributed by atoms with van der Waals surface area (Å²) in [5.41, 5.74) is 2.02. The highest BCUT2D eigenvalue weighted by Crippen LogP contribution is 2.23. The van der Waals surface area contributed by atoms with Gasteiger partial charge in [-0.25, -0.2) is 0 Å². The van der Waals surface area contributed by atoms with Crippen molar-refractivity contribution >= 4 is 22.7 Å². The van der Waals surface area contributed by atoms with Gasteiger partial charge in [0.2, 0.25) is 11.8 Å². The fraction of sp³-hybridized carbons (Fsp3) is 0.333. The van der Waals surface area contributed by atoms with Gasteiger partial charge in [0.15, 0.2) is 0 Å². The summed E-state index contributed by atoms with van der Waals surface area (Å²) in [6.45, 7) is -0.211. The van der Waals surface area contributed by atoms with E-state index in [2.05, 4.69) is 4.98 Å². The lowest BCUT2D eigenvalue weighted by molar-refractivity contribution is -0.142. The predicted molar refractivity (Wildman–Crippen MR) is 74.0 cm³/mol. The van der Waals surface area contributed by atoms with Crippen molar-refractivity contribution in [2.45, 2.75) is 25.3 Å². The van der Waals surface area contributed by atoms with Gasteiger partial charge in [0, 0.05) is 29.9 Å². The molecule has 0 spiro atoms. The largest absolute Gasteiger partial charge is 0.394 e. The number of benzene rings is 1. The van der Waals surface area contributed by atoms with Gasteiger partial charge in [-0.3, -0.25) is 14.5 Å². The fourth-order valence-electron chi connectivity index (χ4n) is 2.79. The number of nitrogens with one attached hydrogen (secondary N) is 1. The molecule has 2 aromatic rings. The molecule has 5 heteroatoms. The summed E-state index contributed by atoms with van der Waals surface area (Å²) < 4.78 is 0. The first-order valence-electron chi connectivity index (χ1n) is 6.71. The number of imide groups is 1. The number of carbonyl (C=O) groups excluding carboxylic acids is 2. The van der Waals surface area contributed by atoms with Gasteiger partial charge < -0.3 is 10.1 Å². The van der Waals surface area contributed by atoms with Crippen molar-refractivity contribution in [3.63, 3.8) is 0 Å². The number of aromatic nitrogens is 1. The van der Waals surface area contributed by atoms with E-state index < -0.39 is 6.04 Å². The molecule has 3 rings (SSSR count). The van der Waals surface area contributed by atoms with Crippen molar-refractivity contribution in [3.8, 4) is 0 Å². The number of hydrogen-bond acceptors (Lipinski definition) is 3. The van der Waals surface area contributed by atoms with Gasteiger partial charge in [0.25, 0.3) is 0 Å².